The number of nitro groups is 1. The number of aliphatic hydroxyl groups is 1. The lowest BCUT2D eigenvalue weighted by molar-refractivity contribution is -0.384. The summed E-state index contributed by atoms with van der Waals surface area (Å²) in [6, 6.07) is 3.40. The summed E-state index contributed by atoms with van der Waals surface area (Å²) in [6.45, 7) is -0.0976. The normalized spacial score (nSPS) is 9.94. The Bertz CT molecular complexity index is 433. The van der Waals surface area contributed by atoms with Gasteiger partial charge in [-0.2, -0.15) is 0 Å². The van der Waals surface area contributed by atoms with Crippen LogP contribution in [0.15, 0.2) is 18.2 Å². The number of carbonyl (C=O) groups excluding carboxylic acids is 1. The maximum absolute atomic E-state index is 11.3. The molecule has 0 saturated heterocycles. The van der Waals surface area contributed by atoms with Crippen molar-refractivity contribution in [3.8, 4) is 5.75 Å². The van der Waals surface area contributed by atoms with Crippen molar-refractivity contribution in [3.63, 3.8) is 0 Å². The molecule has 0 saturated carbocycles. The second-order valence-electron chi connectivity index (χ2n) is 3.33. The molecule has 1 rings (SSSR count). The molecule has 0 radical (unpaired) electrons. The summed E-state index contributed by atoms with van der Waals surface area (Å²) in [5, 5.41) is 30.8. The molecule has 0 fully saturated rings. The van der Waals surface area contributed by atoms with Gasteiger partial charge in [-0.15, -0.1) is 0 Å². The van der Waals surface area contributed by atoms with Gasteiger partial charge in [0, 0.05) is 19.1 Å². The highest BCUT2D eigenvalue weighted by molar-refractivity contribution is 5.92. The van der Waals surface area contributed by atoms with E-state index in [1.54, 1.807) is 0 Å². The summed E-state index contributed by atoms with van der Waals surface area (Å²) >= 11 is 0. The highest BCUT2D eigenvalue weighted by Gasteiger charge is 2.11. The molecule has 0 heterocycles. The standard InChI is InChI=1S/C10H12N2O5/c13-5-1-2-10(15)11-8-4-3-7(12(16)17)6-9(8)14/h3-4,6,13-14H,1-2,5H2,(H,11,15). The van der Waals surface area contributed by atoms with Gasteiger partial charge in [0.25, 0.3) is 5.69 Å². The van der Waals surface area contributed by atoms with E-state index in [0.29, 0.717) is 6.42 Å². The molecule has 0 aliphatic carbocycles. The molecule has 0 aromatic heterocycles. The third-order valence-electron chi connectivity index (χ3n) is 2.03. The van der Waals surface area contributed by atoms with Crippen molar-refractivity contribution in [1.29, 1.82) is 0 Å². The van der Waals surface area contributed by atoms with Crippen LogP contribution in [0.5, 0.6) is 5.75 Å². The van der Waals surface area contributed by atoms with Crippen LogP contribution in [0.25, 0.3) is 0 Å². The summed E-state index contributed by atoms with van der Waals surface area (Å²) in [7, 11) is 0. The summed E-state index contributed by atoms with van der Waals surface area (Å²) < 4.78 is 0. The van der Waals surface area contributed by atoms with Crippen LogP contribution < -0.4 is 5.32 Å². The number of nitrogens with one attached hydrogen (secondary N) is 1. The number of aromatic hydroxyl groups is 1. The largest absolute Gasteiger partial charge is 0.506 e. The molecule has 0 aliphatic rings. The molecular weight excluding hydrogens is 228 g/mol. The molecule has 17 heavy (non-hydrogen) atoms. The second kappa shape index (κ2) is 5.80. The maximum atomic E-state index is 11.3. The van der Waals surface area contributed by atoms with Crippen molar-refractivity contribution >= 4 is 17.3 Å². The quantitative estimate of drug-likeness (QED) is 0.404. The van der Waals surface area contributed by atoms with Crippen LogP contribution in [0.4, 0.5) is 11.4 Å². The number of carbonyl (C=O) groups is 1. The van der Waals surface area contributed by atoms with Crippen LogP contribution >= 0.6 is 0 Å². The molecule has 0 bridgehead atoms. The van der Waals surface area contributed by atoms with Gasteiger partial charge >= 0.3 is 0 Å². The Labute approximate surface area is 96.8 Å². The van der Waals surface area contributed by atoms with Crippen molar-refractivity contribution in [3.05, 3.63) is 28.3 Å². The van der Waals surface area contributed by atoms with Crippen molar-refractivity contribution in [2.45, 2.75) is 12.8 Å². The minimum Gasteiger partial charge on any atom is -0.506 e. The van der Waals surface area contributed by atoms with E-state index < -0.39 is 4.92 Å². The average Bonchev–Trinajstić information content (AvgIpc) is 2.28. The van der Waals surface area contributed by atoms with Crippen molar-refractivity contribution < 1.29 is 19.9 Å². The van der Waals surface area contributed by atoms with Crippen molar-refractivity contribution in [2.75, 3.05) is 11.9 Å². The average molecular weight is 240 g/mol. The minimum atomic E-state index is -0.642. The number of amides is 1. The molecule has 1 amide bonds. The van der Waals surface area contributed by atoms with E-state index in [1.165, 1.54) is 12.1 Å². The van der Waals surface area contributed by atoms with Crippen LogP contribution in [-0.4, -0.2) is 27.7 Å². The first-order chi connectivity index (χ1) is 8.04. The molecule has 7 nitrogen and oxygen atoms in total. The first kappa shape index (κ1) is 12.9. The van der Waals surface area contributed by atoms with E-state index in [9.17, 15) is 20.0 Å². The maximum Gasteiger partial charge on any atom is 0.273 e. The number of aliphatic hydroxyl groups excluding tert-OH is 1. The van der Waals surface area contributed by atoms with Crippen molar-refractivity contribution in [1.82, 2.24) is 0 Å². The van der Waals surface area contributed by atoms with Crippen LogP contribution in [0.3, 0.4) is 0 Å². The Morgan fingerprint density at radius 1 is 1.47 bits per heavy atom. The molecule has 7 heteroatoms. The minimum absolute atomic E-state index is 0.0976. The molecular formula is C10H12N2O5. The Morgan fingerprint density at radius 3 is 2.71 bits per heavy atom. The third kappa shape index (κ3) is 3.72. The number of nitrogens with zero attached hydrogens (tertiary/aromatic N) is 1. The summed E-state index contributed by atoms with van der Waals surface area (Å²) in [5.41, 5.74) is -0.144. The Kier molecular flexibility index (Phi) is 4.41. The fourth-order valence-electron chi connectivity index (χ4n) is 1.19. The van der Waals surface area contributed by atoms with E-state index >= 15 is 0 Å². The van der Waals surface area contributed by atoms with Gasteiger partial charge in [-0.05, 0) is 12.5 Å². The Hall–Kier alpha value is -2.15. The molecule has 0 atom stereocenters. The number of hydrogen-bond donors (Lipinski definition) is 3. The number of phenolic OH excluding ortho intramolecular Hbond substituents is 1. The molecule has 0 aliphatic heterocycles. The van der Waals surface area contributed by atoms with E-state index in [4.69, 9.17) is 5.11 Å². The number of nitro benzene ring substituents is 1. The Morgan fingerprint density at radius 2 is 2.18 bits per heavy atom. The van der Waals surface area contributed by atoms with Gasteiger partial charge < -0.3 is 15.5 Å². The van der Waals surface area contributed by atoms with Gasteiger partial charge in [0.05, 0.1) is 16.7 Å². The van der Waals surface area contributed by atoms with Gasteiger partial charge in [0.2, 0.25) is 5.91 Å². The van der Waals surface area contributed by atoms with E-state index in [-0.39, 0.29) is 36.1 Å². The zero-order valence-corrected chi connectivity index (χ0v) is 8.92. The van der Waals surface area contributed by atoms with E-state index in [0.717, 1.165) is 6.07 Å². The van der Waals surface area contributed by atoms with Crippen LogP contribution in [0.1, 0.15) is 12.8 Å². The second-order valence-corrected chi connectivity index (χ2v) is 3.33. The first-order valence-electron chi connectivity index (χ1n) is 4.92. The molecule has 92 valence electrons. The molecule has 1 aromatic carbocycles. The number of rotatable bonds is 5. The van der Waals surface area contributed by atoms with Gasteiger partial charge in [0.1, 0.15) is 5.75 Å². The topological polar surface area (TPSA) is 113 Å². The monoisotopic (exact) mass is 240 g/mol. The SMILES string of the molecule is O=C(CCCO)Nc1ccc([N+](=O)[O-])cc1O. The fraction of sp³-hybridized carbons (Fsp3) is 0.300. The van der Waals surface area contributed by atoms with Crippen molar-refractivity contribution in [2.24, 2.45) is 0 Å². The zero-order valence-electron chi connectivity index (χ0n) is 8.92. The lowest BCUT2D eigenvalue weighted by Gasteiger charge is -2.06. The lowest BCUT2D eigenvalue weighted by Crippen LogP contribution is -2.11. The lowest BCUT2D eigenvalue weighted by atomic mass is 10.2. The number of phenols is 1. The molecule has 0 unspecified atom stereocenters. The van der Waals surface area contributed by atoms with Gasteiger partial charge in [0.15, 0.2) is 0 Å². The number of anilines is 1. The van der Waals surface area contributed by atoms with Crippen LogP contribution in [-0.2, 0) is 4.79 Å². The third-order valence-corrected chi connectivity index (χ3v) is 2.03. The van der Waals surface area contributed by atoms with Gasteiger partial charge in [-0.25, -0.2) is 0 Å². The predicted molar refractivity (Wildman–Crippen MR) is 59.7 cm³/mol. The predicted octanol–water partition coefficient (Wildman–Crippen LogP) is 1.01. The number of hydrogen-bond acceptors (Lipinski definition) is 5. The highest BCUT2D eigenvalue weighted by atomic mass is 16.6. The summed E-state index contributed by atoms with van der Waals surface area (Å²) in [6.07, 6.45) is 0.437. The first-order valence-corrected chi connectivity index (χ1v) is 4.92. The smallest absolute Gasteiger partial charge is 0.273 e. The van der Waals surface area contributed by atoms with Gasteiger partial charge in [-0.3, -0.25) is 14.9 Å². The Balaban J connectivity index is 2.72. The highest BCUT2D eigenvalue weighted by Crippen LogP contribution is 2.27. The molecule has 3 N–H and O–H groups in total. The molecule has 1 aromatic rings. The summed E-state index contributed by atoms with van der Waals surface area (Å²) in [5.74, 6) is -0.736. The summed E-state index contributed by atoms with van der Waals surface area (Å²) in [4.78, 5) is 21.0. The number of non-ortho nitro benzene ring substituents is 1. The molecule has 0 spiro atoms. The van der Waals surface area contributed by atoms with E-state index in [1.807, 2.05) is 0 Å². The zero-order chi connectivity index (χ0) is 12.8. The van der Waals surface area contributed by atoms with Gasteiger partial charge in [-0.1, -0.05) is 0 Å². The fourth-order valence-corrected chi connectivity index (χ4v) is 1.19. The number of benzene rings is 1. The van der Waals surface area contributed by atoms with E-state index in [2.05, 4.69) is 5.32 Å². The van der Waals surface area contributed by atoms with Crippen LogP contribution in [0, 0.1) is 10.1 Å². The van der Waals surface area contributed by atoms with Crippen LogP contribution in [0.2, 0.25) is 0 Å².